The summed E-state index contributed by atoms with van der Waals surface area (Å²) in [5.41, 5.74) is 0.0590. The van der Waals surface area contributed by atoms with Crippen LogP contribution in [0.15, 0.2) is 18.2 Å². The van der Waals surface area contributed by atoms with Crippen LogP contribution < -0.4 is 0 Å². The van der Waals surface area contributed by atoms with E-state index in [1.54, 1.807) is 0 Å². The molecule has 1 aromatic carbocycles. The normalized spacial score (nSPS) is 10.5. The van der Waals surface area contributed by atoms with Crippen molar-refractivity contribution in [3.05, 3.63) is 29.0 Å². The lowest BCUT2D eigenvalue weighted by Gasteiger charge is -2.03. The van der Waals surface area contributed by atoms with Crippen molar-refractivity contribution >= 4 is 17.6 Å². The van der Waals surface area contributed by atoms with Crippen molar-refractivity contribution in [1.82, 2.24) is 20.2 Å². The van der Waals surface area contributed by atoms with Gasteiger partial charge in [-0.15, -0.1) is 5.10 Å². The number of halogens is 2. The summed E-state index contributed by atoms with van der Waals surface area (Å²) < 4.78 is 14.7. The average molecular weight is 257 g/mol. The maximum atomic E-state index is 13.7. The van der Waals surface area contributed by atoms with Gasteiger partial charge < -0.3 is 5.11 Å². The quantitative estimate of drug-likeness (QED) is 0.893. The third-order valence-corrected chi connectivity index (χ3v) is 2.30. The standard InChI is InChI=1S/C9H6ClFN4O2/c10-6-3-1-2-5(8(6)11)9-12-13-14-15(9)4-7(16)17/h1-3H,4H2,(H,16,17). The third-order valence-electron chi connectivity index (χ3n) is 2.01. The van der Waals surface area contributed by atoms with Gasteiger partial charge in [0.25, 0.3) is 0 Å². The number of benzene rings is 1. The van der Waals surface area contributed by atoms with E-state index in [1.165, 1.54) is 18.2 Å². The molecule has 0 spiro atoms. The Hall–Kier alpha value is -2.02. The Labute approximate surface area is 99.6 Å². The molecule has 6 nitrogen and oxygen atoms in total. The first kappa shape index (κ1) is 11.5. The van der Waals surface area contributed by atoms with Crippen LogP contribution in [-0.4, -0.2) is 31.3 Å². The first-order chi connectivity index (χ1) is 8.09. The van der Waals surface area contributed by atoms with Gasteiger partial charge in [-0.05, 0) is 22.6 Å². The van der Waals surface area contributed by atoms with Crippen molar-refractivity contribution in [2.24, 2.45) is 0 Å². The highest BCUT2D eigenvalue weighted by molar-refractivity contribution is 6.31. The monoisotopic (exact) mass is 256 g/mol. The molecule has 1 heterocycles. The van der Waals surface area contributed by atoms with Gasteiger partial charge in [-0.25, -0.2) is 9.07 Å². The van der Waals surface area contributed by atoms with Crippen LogP contribution in [-0.2, 0) is 11.3 Å². The summed E-state index contributed by atoms with van der Waals surface area (Å²) in [7, 11) is 0. The number of hydrogen-bond acceptors (Lipinski definition) is 4. The Balaban J connectivity index is 2.50. The van der Waals surface area contributed by atoms with E-state index in [0.29, 0.717) is 0 Å². The Morgan fingerprint density at radius 2 is 2.29 bits per heavy atom. The van der Waals surface area contributed by atoms with Gasteiger partial charge in [0.2, 0.25) is 0 Å². The van der Waals surface area contributed by atoms with Gasteiger partial charge >= 0.3 is 5.97 Å². The van der Waals surface area contributed by atoms with Crippen LogP contribution in [0.5, 0.6) is 0 Å². The molecular formula is C9H6ClFN4O2. The number of tetrazole rings is 1. The minimum absolute atomic E-state index is 0.0207. The summed E-state index contributed by atoms with van der Waals surface area (Å²) in [6.45, 7) is -0.450. The molecule has 17 heavy (non-hydrogen) atoms. The van der Waals surface area contributed by atoms with E-state index in [2.05, 4.69) is 15.5 Å². The molecule has 88 valence electrons. The van der Waals surface area contributed by atoms with E-state index in [4.69, 9.17) is 16.7 Å². The van der Waals surface area contributed by atoms with Crippen LogP contribution in [0.25, 0.3) is 11.4 Å². The maximum Gasteiger partial charge on any atom is 0.325 e. The largest absolute Gasteiger partial charge is 0.480 e. The number of carbonyl (C=O) groups is 1. The Morgan fingerprint density at radius 1 is 1.53 bits per heavy atom. The van der Waals surface area contributed by atoms with Crippen LogP contribution in [0, 0.1) is 5.82 Å². The molecule has 0 aliphatic carbocycles. The smallest absolute Gasteiger partial charge is 0.325 e. The predicted octanol–water partition coefficient (Wildman–Crippen LogP) is 1.22. The van der Waals surface area contributed by atoms with Crippen LogP contribution in [0.4, 0.5) is 4.39 Å². The van der Waals surface area contributed by atoms with Crippen molar-refractivity contribution in [3.8, 4) is 11.4 Å². The second-order valence-electron chi connectivity index (χ2n) is 3.16. The van der Waals surface area contributed by atoms with Crippen molar-refractivity contribution in [2.75, 3.05) is 0 Å². The summed E-state index contributed by atoms with van der Waals surface area (Å²) in [5.74, 6) is -1.79. The molecule has 0 amide bonds. The SMILES string of the molecule is O=C(O)Cn1nnnc1-c1cccc(Cl)c1F. The molecule has 2 rings (SSSR count). The molecule has 1 N–H and O–H groups in total. The lowest BCUT2D eigenvalue weighted by atomic mass is 10.2. The highest BCUT2D eigenvalue weighted by Crippen LogP contribution is 2.25. The molecule has 0 radical (unpaired) electrons. The van der Waals surface area contributed by atoms with E-state index in [0.717, 1.165) is 4.68 Å². The summed E-state index contributed by atoms with van der Waals surface area (Å²) in [6.07, 6.45) is 0. The number of aromatic nitrogens is 4. The van der Waals surface area contributed by atoms with E-state index >= 15 is 0 Å². The molecule has 0 fully saturated rings. The zero-order valence-corrected chi connectivity index (χ0v) is 9.10. The van der Waals surface area contributed by atoms with Gasteiger partial charge in [-0.1, -0.05) is 17.7 Å². The van der Waals surface area contributed by atoms with E-state index < -0.39 is 18.3 Å². The van der Waals surface area contributed by atoms with Crippen LogP contribution in [0.3, 0.4) is 0 Å². The molecule has 1 aromatic heterocycles. The average Bonchev–Trinajstić information content (AvgIpc) is 2.69. The molecule has 0 atom stereocenters. The zero-order valence-electron chi connectivity index (χ0n) is 8.34. The maximum absolute atomic E-state index is 13.7. The molecule has 0 bridgehead atoms. The molecule has 0 saturated carbocycles. The molecule has 8 heteroatoms. The summed E-state index contributed by atoms with van der Waals surface area (Å²) in [4.78, 5) is 10.6. The minimum atomic E-state index is -1.12. The van der Waals surface area contributed by atoms with Crippen molar-refractivity contribution in [1.29, 1.82) is 0 Å². The van der Waals surface area contributed by atoms with Gasteiger partial charge in [-0.2, -0.15) is 0 Å². The fourth-order valence-electron chi connectivity index (χ4n) is 1.31. The molecule has 0 aliphatic heterocycles. The minimum Gasteiger partial charge on any atom is -0.480 e. The fraction of sp³-hybridized carbons (Fsp3) is 0.111. The number of carboxylic acids is 1. The van der Waals surface area contributed by atoms with Crippen molar-refractivity contribution < 1.29 is 14.3 Å². The van der Waals surface area contributed by atoms with Crippen molar-refractivity contribution in [3.63, 3.8) is 0 Å². The van der Waals surface area contributed by atoms with E-state index in [-0.39, 0.29) is 16.4 Å². The second-order valence-corrected chi connectivity index (χ2v) is 3.56. The highest BCUT2D eigenvalue weighted by Gasteiger charge is 2.16. The lowest BCUT2D eigenvalue weighted by Crippen LogP contribution is -2.12. The number of carboxylic acid groups (broad SMARTS) is 1. The first-order valence-corrected chi connectivity index (χ1v) is 4.89. The Morgan fingerprint density at radius 3 is 3.00 bits per heavy atom. The van der Waals surface area contributed by atoms with Gasteiger partial charge in [0.15, 0.2) is 11.6 Å². The fourth-order valence-corrected chi connectivity index (χ4v) is 1.48. The molecule has 0 aliphatic rings. The third kappa shape index (κ3) is 2.23. The molecule has 2 aromatic rings. The summed E-state index contributed by atoms with van der Waals surface area (Å²) in [5, 5.41) is 18.9. The van der Waals surface area contributed by atoms with Crippen LogP contribution in [0.1, 0.15) is 0 Å². The Bertz CT molecular complexity index is 572. The van der Waals surface area contributed by atoms with Gasteiger partial charge in [0.1, 0.15) is 6.54 Å². The summed E-state index contributed by atoms with van der Waals surface area (Å²) in [6, 6.07) is 4.33. The van der Waals surface area contributed by atoms with Gasteiger partial charge in [0, 0.05) is 0 Å². The summed E-state index contributed by atoms with van der Waals surface area (Å²) >= 11 is 5.62. The Kier molecular flexibility index (Phi) is 3.01. The number of nitrogens with zero attached hydrogens (tertiary/aromatic N) is 4. The van der Waals surface area contributed by atoms with Gasteiger partial charge in [-0.3, -0.25) is 4.79 Å². The molecule has 0 unspecified atom stereocenters. The number of aliphatic carboxylic acids is 1. The second kappa shape index (κ2) is 4.46. The zero-order chi connectivity index (χ0) is 12.4. The number of rotatable bonds is 3. The highest BCUT2D eigenvalue weighted by atomic mass is 35.5. The van der Waals surface area contributed by atoms with E-state index in [9.17, 15) is 9.18 Å². The lowest BCUT2D eigenvalue weighted by molar-refractivity contribution is -0.137. The topological polar surface area (TPSA) is 80.9 Å². The van der Waals surface area contributed by atoms with Crippen LogP contribution in [0.2, 0.25) is 5.02 Å². The predicted molar refractivity (Wildman–Crippen MR) is 55.9 cm³/mol. The number of hydrogen-bond donors (Lipinski definition) is 1. The van der Waals surface area contributed by atoms with Crippen molar-refractivity contribution in [2.45, 2.75) is 6.54 Å². The van der Waals surface area contributed by atoms with Gasteiger partial charge in [0.05, 0.1) is 10.6 Å². The first-order valence-electron chi connectivity index (χ1n) is 4.52. The van der Waals surface area contributed by atoms with Crippen LogP contribution >= 0.6 is 11.6 Å². The molecule has 0 saturated heterocycles. The molecular weight excluding hydrogens is 251 g/mol. The van der Waals surface area contributed by atoms with E-state index in [1.807, 2.05) is 0 Å².